The highest BCUT2D eigenvalue weighted by Gasteiger charge is 1.96. The SMILES string of the molecule is C1=C/C=C/CCCCCCCSSSSSSSC=C1. The fourth-order valence-electron chi connectivity index (χ4n) is 1.46. The van der Waals surface area contributed by atoms with Crippen molar-refractivity contribution < 1.29 is 0 Å². The fraction of sp³-hybridized carbons (Fsp3) is 0.538. The molecule has 0 amide bonds. The summed E-state index contributed by atoms with van der Waals surface area (Å²) in [6.07, 6.45) is 18.8. The van der Waals surface area contributed by atoms with Crippen LogP contribution in [0, 0.1) is 0 Å². The number of allylic oxidation sites excluding steroid dienone is 5. The average molecular weight is 401 g/mol. The smallest absolute Gasteiger partial charge is 0.00454 e. The first kappa shape index (κ1) is 19.7. The zero-order valence-corrected chi connectivity index (χ0v) is 17.0. The topological polar surface area (TPSA) is 0 Å². The van der Waals surface area contributed by atoms with Gasteiger partial charge in [-0.25, -0.2) is 0 Å². The van der Waals surface area contributed by atoms with Crippen LogP contribution in [-0.2, 0) is 0 Å². The van der Waals surface area contributed by atoms with Gasteiger partial charge in [-0.15, -0.1) is 0 Å². The molecule has 1 aliphatic heterocycles. The van der Waals surface area contributed by atoms with E-state index in [1.165, 1.54) is 44.3 Å². The van der Waals surface area contributed by atoms with Crippen LogP contribution in [0.4, 0.5) is 0 Å². The van der Waals surface area contributed by atoms with Gasteiger partial charge < -0.3 is 0 Å². The third kappa shape index (κ3) is 14.6. The fourth-order valence-corrected chi connectivity index (χ4v) is 15.0. The molecule has 0 aromatic carbocycles. The Kier molecular flexibility index (Phi) is 16.8. The van der Waals surface area contributed by atoms with Crippen molar-refractivity contribution in [3.8, 4) is 0 Å². The summed E-state index contributed by atoms with van der Waals surface area (Å²) in [6.45, 7) is 0. The van der Waals surface area contributed by atoms with Gasteiger partial charge in [0.2, 0.25) is 0 Å². The molecular formula is C13H20S7. The Morgan fingerprint density at radius 3 is 2.35 bits per heavy atom. The van der Waals surface area contributed by atoms with Gasteiger partial charge in [0.15, 0.2) is 0 Å². The Bertz CT molecular complexity index is 260. The maximum Gasteiger partial charge on any atom is 0.00454 e. The van der Waals surface area contributed by atoms with Crippen LogP contribution in [0.5, 0.6) is 0 Å². The summed E-state index contributed by atoms with van der Waals surface area (Å²) in [4.78, 5) is 0. The predicted octanol–water partition coefficient (Wildman–Crippen LogP) is 8.59. The summed E-state index contributed by atoms with van der Waals surface area (Å²) < 4.78 is 0. The molecule has 0 saturated carbocycles. The van der Waals surface area contributed by atoms with Gasteiger partial charge in [0.05, 0.1) is 0 Å². The Morgan fingerprint density at radius 2 is 1.35 bits per heavy atom. The lowest BCUT2D eigenvalue weighted by Gasteiger charge is -2.00. The molecule has 0 unspecified atom stereocenters. The average Bonchev–Trinajstić information content (AvgIpc) is 2.46. The van der Waals surface area contributed by atoms with Crippen molar-refractivity contribution in [1.82, 2.24) is 0 Å². The minimum Gasteiger partial charge on any atom is -0.0845 e. The van der Waals surface area contributed by atoms with E-state index in [-0.39, 0.29) is 0 Å². The molecule has 1 heterocycles. The van der Waals surface area contributed by atoms with E-state index in [2.05, 4.69) is 35.8 Å². The highest BCUT2D eigenvalue weighted by molar-refractivity contribution is 9.46. The van der Waals surface area contributed by atoms with E-state index in [1.807, 2.05) is 59.9 Å². The molecule has 0 atom stereocenters. The van der Waals surface area contributed by atoms with Gasteiger partial charge in [-0.3, -0.25) is 0 Å². The minimum absolute atomic E-state index is 1.22. The van der Waals surface area contributed by atoms with Crippen molar-refractivity contribution >= 4 is 70.7 Å². The molecule has 0 fully saturated rings. The zero-order valence-electron chi connectivity index (χ0n) is 11.3. The van der Waals surface area contributed by atoms with E-state index in [1.54, 1.807) is 10.8 Å². The normalized spacial score (nSPS) is 23.2. The second-order valence-corrected chi connectivity index (χ2v) is 15.2. The maximum atomic E-state index is 2.28. The molecule has 0 aliphatic carbocycles. The van der Waals surface area contributed by atoms with Crippen molar-refractivity contribution in [3.05, 3.63) is 35.8 Å². The predicted molar refractivity (Wildman–Crippen MR) is 113 cm³/mol. The van der Waals surface area contributed by atoms with E-state index in [4.69, 9.17) is 0 Å². The molecule has 1 aliphatic rings. The number of hydrogen-bond donors (Lipinski definition) is 0. The molecule has 0 radical (unpaired) electrons. The molecule has 0 aromatic heterocycles. The molecule has 0 aromatic rings. The van der Waals surface area contributed by atoms with Crippen molar-refractivity contribution in [2.75, 3.05) is 5.75 Å². The van der Waals surface area contributed by atoms with Crippen molar-refractivity contribution in [3.63, 3.8) is 0 Å². The Balaban J connectivity index is 2.18. The third-order valence-corrected chi connectivity index (χ3v) is 15.1. The highest BCUT2D eigenvalue weighted by atomic mass is 33.9. The second-order valence-electron chi connectivity index (χ2n) is 3.96. The van der Waals surface area contributed by atoms with Crippen molar-refractivity contribution in [2.24, 2.45) is 0 Å². The van der Waals surface area contributed by atoms with Gasteiger partial charge in [-0.1, -0.05) is 71.2 Å². The van der Waals surface area contributed by atoms with Gasteiger partial charge in [-0.05, 0) is 73.8 Å². The highest BCUT2D eigenvalue weighted by Crippen LogP contribution is 2.55. The van der Waals surface area contributed by atoms with E-state index < -0.39 is 0 Å². The van der Waals surface area contributed by atoms with Crippen LogP contribution < -0.4 is 0 Å². The van der Waals surface area contributed by atoms with Crippen molar-refractivity contribution in [1.29, 1.82) is 0 Å². The van der Waals surface area contributed by atoms with E-state index in [9.17, 15) is 0 Å². The summed E-state index contributed by atoms with van der Waals surface area (Å²) >= 11 is 0. The first-order valence-corrected chi connectivity index (χ1v) is 15.6. The summed E-state index contributed by atoms with van der Waals surface area (Å²) in [5.74, 6) is 1.29. The summed E-state index contributed by atoms with van der Waals surface area (Å²) in [7, 11) is 13.1. The molecule has 20 heavy (non-hydrogen) atoms. The summed E-state index contributed by atoms with van der Waals surface area (Å²) in [6, 6.07) is 0. The molecule has 0 saturated heterocycles. The molecule has 7 heteroatoms. The van der Waals surface area contributed by atoms with Gasteiger partial charge >= 0.3 is 0 Å². The first-order chi connectivity index (χ1) is 10.0. The van der Waals surface area contributed by atoms with Crippen LogP contribution in [-0.4, -0.2) is 5.75 Å². The second kappa shape index (κ2) is 17.0. The van der Waals surface area contributed by atoms with E-state index in [0.29, 0.717) is 0 Å². The van der Waals surface area contributed by atoms with Gasteiger partial charge in [0, 0.05) is 5.75 Å². The van der Waals surface area contributed by atoms with Crippen LogP contribution >= 0.6 is 70.7 Å². The monoisotopic (exact) mass is 400 g/mol. The molecule has 0 nitrogen and oxygen atoms in total. The van der Waals surface area contributed by atoms with Crippen LogP contribution in [0.3, 0.4) is 0 Å². The van der Waals surface area contributed by atoms with Crippen molar-refractivity contribution in [2.45, 2.75) is 38.5 Å². The number of rotatable bonds is 0. The Hall–Kier alpha value is 1.67. The van der Waals surface area contributed by atoms with E-state index in [0.717, 1.165) is 0 Å². The Morgan fingerprint density at radius 1 is 0.600 bits per heavy atom. The minimum atomic E-state index is 1.22. The summed E-state index contributed by atoms with van der Waals surface area (Å²) in [5.41, 5.74) is 0. The lowest BCUT2D eigenvalue weighted by molar-refractivity contribution is 0.640. The molecular weight excluding hydrogens is 381 g/mol. The largest absolute Gasteiger partial charge is 0.0845 e. The quantitative estimate of drug-likeness (QED) is 0.368. The molecule has 0 spiro atoms. The van der Waals surface area contributed by atoms with Crippen LogP contribution in [0.15, 0.2) is 35.8 Å². The maximum absolute atomic E-state index is 2.28. The zero-order chi connectivity index (χ0) is 14.1. The lowest BCUT2D eigenvalue weighted by Crippen LogP contribution is -1.80. The van der Waals surface area contributed by atoms with Crippen LogP contribution in [0.2, 0.25) is 0 Å². The number of hydrogen-bond acceptors (Lipinski definition) is 7. The van der Waals surface area contributed by atoms with Gasteiger partial charge in [0.25, 0.3) is 0 Å². The molecule has 114 valence electrons. The molecule has 1 rings (SSSR count). The van der Waals surface area contributed by atoms with Crippen LogP contribution in [0.25, 0.3) is 0 Å². The van der Waals surface area contributed by atoms with E-state index >= 15 is 0 Å². The first-order valence-electron chi connectivity index (χ1n) is 6.60. The third-order valence-electron chi connectivity index (χ3n) is 2.40. The Labute approximate surface area is 149 Å². The van der Waals surface area contributed by atoms with Crippen LogP contribution in [0.1, 0.15) is 38.5 Å². The standard InChI is InChI=1S/C13H20S7/c1-2-4-6-8-10-12-14-16-18-20-19-17-15-13-11-9-7-5-3-1/h2,4,6,8,10,12H,1,3,5,7,9,11,13H2/b4-2+,8-6?,12-10?. The summed E-state index contributed by atoms with van der Waals surface area (Å²) in [5, 5.41) is 2.13. The van der Waals surface area contributed by atoms with Gasteiger partial charge in [0.1, 0.15) is 0 Å². The molecule has 0 bridgehead atoms. The lowest BCUT2D eigenvalue weighted by atomic mass is 10.1. The molecule has 0 N–H and O–H groups in total. The van der Waals surface area contributed by atoms with Gasteiger partial charge in [-0.2, -0.15) is 0 Å².